The third-order valence-electron chi connectivity index (χ3n) is 7.80. The van der Waals surface area contributed by atoms with Crippen molar-refractivity contribution in [3.05, 3.63) is 12.7 Å². The second-order valence-electron chi connectivity index (χ2n) is 14.4. The molecule has 0 bridgehead atoms. The largest absolute Gasteiger partial charge is 0.460 e. The van der Waals surface area contributed by atoms with Crippen molar-refractivity contribution < 1.29 is 42.9 Å². The van der Waals surface area contributed by atoms with Crippen molar-refractivity contribution >= 4 is 30.0 Å². The molecule has 2 saturated carbocycles. The van der Waals surface area contributed by atoms with E-state index in [-0.39, 0.29) is 25.9 Å². The maximum absolute atomic E-state index is 13.6. The number of fused-ring (bicyclic) bond motifs is 1. The van der Waals surface area contributed by atoms with Crippen LogP contribution in [-0.4, -0.2) is 72.1 Å². The summed E-state index contributed by atoms with van der Waals surface area (Å²) in [6.07, 6.45) is 10.3. The number of ether oxygens (including phenoxy) is 4. The molecule has 12 nitrogen and oxygen atoms in total. The summed E-state index contributed by atoms with van der Waals surface area (Å²) < 4.78 is 21.9. The molecule has 2 aliphatic carbocycles. The zero-order valence-corrected chi connectivity index (χ0v) is 28.8. The Balaban J connectivity index is 2.09. The van der Waals surface area contributed by atoms with E-state index in [1.165, 1.54) is 18.9 Å². The highest BCUT2D eigenvalue weighted by Crippen LogP contribution is 2.54. The van der Waals surface area contributed by atoms with Gasteiger partial charge in [0.05, 0.1) is 0 Å². The lowest BCUT2D eigenvalue weighted by molar-refractivity contribution is -0.158. The summed E-state index contributed by atoms with van der Waals surface area (Å²) in [6.45, 7) is 14.3. The highest BCUT2D eigenvalue weighted by Gasteiger charge is 2.57. The summed E-state index contributed by atoms with van der Waals surface area (Å²) in [5, 5.41) is 7.96. The van der Waals surface area contributed by atoms with E-state index in [2.05, 4.69) is 22.5 Å². The quantitative estimate of drug-likeness (QED) is 0.0885. The predicted molar refractivity (Wildman–Crippen MR) is 173 cm³/mol. The van der Waals surface area contributed by atoms with E-state index in [4.69, 9.17) is 18.9 Å². The average molecular weight is 652 g/mol. The fraction of sp³-hybridized carbons (Fsp3) is 0.794. The first-order valence-electron chi connectivity index (χ1n) is 16.8. The molecule has 0 heterocycles. The Kier molecular flexibility index (Phi) is 15.3. The van der Waals surface area contributed by atoms with Crippen LogP contribution >= 0.6 is 0 Å². The number of urea groups is 1. The molecule has 0 aromatic heterocycles. The highest BCUT2D eigenvalue weighted by atomic mass is 16.6. The van der Waals surface area contributed by atoms with Gasteiger partial charge in [-0.15, -0.1) is 0 Å². The topological polar surface area (TPSA) is 158 Å². The Bertz CT molecular complexity index is 1050. The lowest BCUT2D eigenvalue weighted by atomic mass is 10.1. The van der Waals surface area contributed by atoms with Gasteiger partial charge in [0.1, 0.15) is 35.5 Å². The van der Waals surface area contributed by atoms with Gasteiger partial charge in [-0.05, 0) is 92.9 Å². The van der Waals surface area contributed by atoms with E-state index in [1.54, 1.807) is 41.5 Å². The number of carbonyl (C=O) groups is 5. The van der Waals surface area contributed by atoms with Crippen LogP contribution in [0.4, 0.5) is 9.59 Å². The number of alkyl carbamates (subject to hydrolysis) is 1. The van der Waals surface area contributed by atoms with Gasteiger partial charge in [-0.2, -0.15) is 0 Å². The zero-order chi connectivity index (χ0) is 34.4. The SMILES string of the molecule is C=CCOC(=O)NCCCC[C@H](NC(=O)N[C@@H](CCC(=O)OC(C)(C)C)C(=O)OC(C)(C)C)C(=O)OC12CCCCCCCC1C2. The van der Waals surface area contributed by atoms with E-state index in [0.29, 0.717) is 25.3 Å². The molecule has 262 valence electrons. The normalized spacial score (nSPS) is 21.0. The van der Waals surface area contributed by atoms with E-state index >= 15 is 0 Å². The van der Waals surface area contributed by atoms with Crippen molar-refractivity contribution in [1.29, 1.82) is 0 Å². The van der Waals surface area contributed by atoms with E-state index in [0.717, 1.165) is 38.5 Å². The van der Waals surface area contributed by atoms with Crippen LogP contribution < -0.4 is 16.0 Å². The molecule has 12 heteroatoms. The summed E-state index contributed by atoms with van der Waals surface area (Å²) in [6, 6.07) is -2.90. The van der Waals surface area contributed by atoms with Gasteiger partial charge in [0.2, 0.25) is 0 Å². The Hall–Kier alpha value is -3.31. The summed E-state index contributed by atoms with van der Waals surface area (Å²) in [5.41, 5.74) is -2.01. The maximum Gasteiger partial charge on any atom is 0.407 e. The standard InChI is InChI=1S/C34H57N3O9/c1-8-22-43-31(42)35-21-15-13-17-25(29(40)46-34-20-14-11-9-10-12-16-24(34)23-34)36-30(41)37-26(28(39)45-33(5,6)7)18-19-27(38)44-32(2,3)4/h8,24-26H,1,9-23H2,2-7H3,(H,35,42)(H2,36,37,41)/t24?,25-,26-,34?/m0/s1. The lowest BCUT2D eigenvalue weighted by Crippen LogP contribution is -2.53. The molecular weight excluding hydrogens is 594 g/mol. The van der Waals surface area contributed by atoms with Gasteiger partial charge in [0, 0.05) is 18.9 Å². The first-order valence-corrected chi connectivity index (χ1v) is 16.8. The second kappa shape index (κ2) is 18.1. The minimum absolute atomic E-state index is 0.0508. The van der Waals surface area contributed by atoms with E-state index < -0.39 is 58.9 Å². The van der Waals surface area contributed by atoms with Crippen molar-refractivity contribution in [3.8, 4) is 0 Å². The van der Waals surface area contributed by atoms with Crippen LogP contribution in [0, 0.1) is 5.92 Å². The number of rotatable bonds is 15. The number of hydrogen-bond donors (Lipinski definition) is 3. The van der Waals surface area contributed by atoms with Crippen LogP contribution in [0.3, 0.4) is 0 Å². The Labute approximate surface area is 274 Å². The second-order valence-corrected chi connectivity index (χ2v) is 14.4. The smallest absolute Gasteiger partial charge is 0.407 e. The number of hydrogen-bond acceptors (Lipinski definition) is 9. The van der Waals surface area contributed by atoms with Crippen LogP contribution in [0.1, 0.15) is 125 Å². The Morgan fingerprint density at radius 1 is 0.848 bits per heavy atom. The molecule has 0 spiro atoms. The summed E-state index contributed by atoms with van der Waals surface area (Å²) in [5.74, 6) is -1.40. The van der Waals surface area contributed by atoms with Crippen LogP contribution in [0.25, 0.3) is 0 Å². The number of carbonyl (C=O) groups excluding carboxylic acids is 5. The minimum Gasteiger partial charge on any atom is -0.460 e. The monoisotopic (exact) mass is 651 g/mol. The molecule has 2 aliphatic rings. The van der Waals surface area contributed by atoms with Crippen molar-refractivity contribution in [2.45, 2.75) is 154 Å². The third-order valence-corrected chi connectivity index (χ3v) is 7.80. The van der Waals surface area contributed by atoms with E-state index in [9.17, 15) is 24.0 Å². The predicted octanol–water partition coefficient (Wildman–Crippen LogP) is 5.62. The average Bonchev–Trinajstić information content (AvgIpc) is 3.60. The van der Waals surface area contributed by atoms with Crippen LogP contribution in [0.2, 0.25) is 0 Å². The van der Waals surface area contributed by atoms with Gasteiger partial charge in [-0.25, -0.2) is 19.2 Å². The number of nitrogens with one attached hydrogen (secondary N) is 3. The molecule has 2 fully saturated rings. The number of unbranched alkanes of at least 4 members (excludes halogenated alkanes) is 1. The Morgan fingerprint density at radius 3 is 2.13 bits per heavy atom. The Morgan fingerprint density at radius 2 is 1.48 bits per heavy atom. The maximum atomic E-state index is 13.6. The first kappa shape index (κ1) is 38.9. The molecule has 2 unspecified atom stereocenters. The fourth-order valence-corrected chi connectivity index (χ4v) is 5.56. The summed E-state index contributed by atoms with van der Waals surface area (Å²) in [7, 11) is 0. The van der Waals surface area contributed by atoms with Gasteiger partial charge >= 0.3 is 30.0 Å². The van der Waals surface area contributed by atoms with Crippen LogP contribution in [-0.2, 0) is 33.3 Å². The molecular formula is C34H57N3O9. The third kappa shape index (κ3) is 15.3. The van der Waals surface area contributed by atoms with Crippen molar-refractivity contribution in [2.75, 3.05) is 13.2 Å². The molecule has 0 aromatic rings. The molecule has 4 atom stereocenters. The van der Waals surface area contributed by atoms with Gasteiger partial charge < -0.3 is 34.9 Å². The molecule has 0 aliphatic heterocycles. The highest BCUT2D eigenvalue weighted by molar-refractivity contribution is 5.87. The van der Waals surface area contributed by atoms with Crippen LogP contribution in [0.5, 0.6) is 0 Å². The van der Waals surface area contributed by atoms with E-state index in [1.807, 2.05) is 0 Å². The summed E-state index contributed by atoms with van der Waals surface area (Å²) in [4.78, 5) is 64.0. The van der Waals surface area contributed by atoms with Crippen molar-refractivity contribution in [2.24, 2.45) is 5.92 Å². The zero-order valence-electron chi connectivity index (χ0n) is 28.8. The molecule has 0 saturated heterocycles. The molecule has 3 N–H and O–H groups in total. The van der Waals surface area contributed by atoms with Gasteiger partial charge in [0.15, 0.2) is 0 Å². The first-order chi connectivity index (χ1) is 21.5. The van der Waals surface area contributed by atoms with Crippen molar-refractivity contribution in [3.63, 3.8) is 0 Å². The number of amides is 3. The lowest BCUT2D eigenvalue weighted by Gasteiger charge is -2.27. The summed E-state index contributed by atoms with van der Waals surface area (Å²) >= 11 is 0. The molecule has 3 amide bonds. The van der Waals surface area contributed by atoms with Crippen molar-refractivity contribution in [1.82, 2.24) is 16.0 Å². The molecule has 46 heavy (non-hydrogen) atoms. The molecule has 0 radical (unpaired) electrons. The van der Waals surface area contributed by atoms with Gasteiger partial charge in [-0.1, -0.05) is 38.3 Å². The molecule has 0 aromatic carbocycles. The fourth-order valence-electron chi connectivity index (χ4n) is 5.56. The van der Waals surface area contributed by atoms with Gasteiger partial charge in [-0.3, -0.25) is 4.79 Å². The minimum atomic E-state index is -1.16. The van der Waals surface area contributed by atoms with Crippen LogP contribution in [0.15, 0.2) is 12.7 Å². The van der Waals surface area contributed by atoms with Gasteiger partial charge in [0.25, 0.3) is 0 Å². The molecule has 2 rings (SSSR count). The number of esters is 3.